The molecule has 0 spiro atoms. The summed E-state index contributed by atoms with van der Waals surface area (Å²) in [4.78, 5) is 29.5. The number of rotatable bonds is 4. The molecular weight excluding hydrogens is 483 g/mol. The monoisotopic (exact) mass is 507 g/mol. The molecule has 2 fully saturated rings. The molecule has 1 aromatic rings. The largest absolute Gasteiger partial charge is 0.444 e. The summed E-state index contributed by atoms with van der Waals surface area (Å²) in [6.45, 7) is 5.04. The fourth-order valence-electron chi connectivity index (χ4n) is 3.45. The van der Waals surface area contributed by atoms with Crippen molar-refractivity contribution in [2.75, 3.05) is 23.0 Å². The molecule has 8 nitrogen and oxygen atoms in total. The van der Waals surface area contributed by atoms with Crippen molar-refractivity contribution in [3.05, 3.63) is 29.8 Å². The fraction of sp³-hybridized carbons (Fsp3) is 0.550. The van der Waals surface area contributed by atoms with Gasteiger partial charge >= 0.3 is 12.3 Å². The third kappa shape index (κ3) is 6.62. The van der Waals surface area contributed by atoms with Crippen LogP contribution in [0, 0.1) is 0 Å². The third-order valence-electron chi connectivity index (χ3n) is 4.75. The highest BCUT2D eigenvalue weighted by atomic mass is 32.2. The molecule has 33 heavy (non-hydrogen) atoms. The first kappa shape index (κ1) is 25.3. The van der Waals surface area contributed by atoms with Crippen LogP contribution in [0.25, 0.3) is 0 Å². The number of nitrogens with zero attached hydrogens (tertiary/aromatic N) is 2. The Morgan fingerprint density at radius 1 is 1.24 bits per heavy atom. The van der Waals surface area contributed by atoms with E-state index in [0.717, 1.165) is 23.9 Å². The maximum Gasteiger partial charge on any atom is 0.416 e. The predicted octanol–water partition coefficient (Wildman–Crippen LogP) is 3.22. The highest BCUT2D eigenvalue weighted by Gasteiger charge is 2.49. The van der Waals surface area contributed by atoms with E-state index in [1.165, 1.54) is 17.0 Å². The van der Waals surface area contributed by atoms with Gasteiger partial charge in [0.2, 0.25) is 5.91 Å². The number of amidine groups is 1. The first-order valence-corrected chi connectivity index (χ1v) is 12.8. The Labute approximate surface area is 193 Å². The second-order valence-corrected chi connectivity index (χ2v) is 12.0. The first-order chi connectivity index (χ1) is 15.1. The van der Waals surface area contributed by atoms with Crippen molar-refractivity contribution in [2.24, 2.45) is 4.99 Å². The first-order valence-electron chi connectivity index (χ1n) is 10.1. The van der Waals surface area contributed by atoms with Gasteiger partial charge < -0.3 is 15.0 Å². The molecule has 0 saturated carbocycles. The molecule has 2 atom stereocenters. The van der Waals surface area contributed by atoms with Crippen LogP contribution < -0.4 is 10.2 Å². The molecule has 0 unspecified atom stereocenters. The van der Waals surface area contributed by atoms with Crippen LogP contribution in [0.2, 0.25) is 0 Å². The van der Waals surface area contributed by atoms with Crippen LogP contribution in [0.15, 0.2) is 29.3 Å². The number of thioether (sulfide) groups is 1. The molecule has 1 aromatic carbocycles. The van der Waals surface area contributed by atoms with Crippen molar-refractivity contribution in [3.8, 4) is 0 Å². The minimum atomic E-state index is -4.58. The molecule has 2 aliphatic heterocycles. The molecule has 0 radical (unpaired) electrons. The summed E-state index contributed by atoms with van der Waals surface area (Å²) in [6.07, 6.45) is -5.43. The Bertz CT molecular complexity index is 1070. The van der Waals surface area contributed by atoms with Crippen molar-refractivity contribution < 1.29 is 35.9 Å². The number of fused-ring (bicyclic) bond motifs is 1. The van der Waals surface area contributed by atoms with E-state index >= 15 is 0 Å². The average molecular weight is 508 g/mol. The van der Waals surface area contributed by atoms with Gasteiger partial charge in [0.25, 0.3) is 0 Å². The number of nitrogens with one attached hydrogen (secondary N) is 1. The number of carbonyl (C=O) groups excluding carboxylic acids is 2. The molecule has 182 valence electrons. The SMILES string of the molecule is CC(C)(C)OC(=O)NCCC(=O)N=C1S[C@@H]2CS(=O)(=O)C[C@@H]2N1c1cccc(C(F)(F)F)c1. The van der Waals surface area contributed by atoms with E-state index < -0.39 is 50.5 Å². The summed E-state index contributed by atoms with van der Waals surface area (Å²) in [5.74, 6) is -0.993. The molecule has 3 rings (SSSR count). The zero-order valence-electron chi connectivity index (χ0n) is 18.2. The second kappa shape index (κ2) is 9.16. The third-order valence-corrected chi connectivity index (χ3v) is 7.96. The molecule has 2 amide bonds. The predicted molar refractivity (Wildman–Crippen MR) is 119 cm³/mol. The van der Waals surface area contributed by atoms with Crippen LogP contribution in [-0.2, 0) is 25.5 Å². The summed E-state index contributed by atoms with van der Waals surface area (Å²) >= 11 is 1.06. The Hall–Kier alpha value is -2.28. The van der Waals surface area contributed by atoms with Crippen LogP contribution in [-0.4, -0.2) is 60.5 Å². The molecular formula is C20H24F3N3O5S2. The Morgan fingerprint density at radius 3 is 2.58 bits per heavy atom. The van der Waals surface area contributed by atoms with E-state index in [1.54, 1.807) is 20.8 Å². The van der Waals surface area contributed by atoms with Gasteiger partial charge in [-0.3, -0.25) is 4.79 Å². The number of alkyl carbamates (subject to hydrolysis) is 1. The number of benzene rings is 1. The van der Waals surface area contributed by atoms with E-state index in [9.17, 15) is 31.2 Å². The van der Waals surface area contributed by atoms with Gasteiger partial charge in [-0.1, -0.05) is 17.8 Å². The molecule has 2 heterocycles. The van der Waals surface area contributed by atoms with Crippen LogP contribution in [0.4, 0.5) is 23.7 Å². The van der Waals surface area contributed by atoms with E-state index in [4.69, 9.17) is 4.74 Å². The van der Waals surface area contributed by atoms with Gasteiger partial charge in [0, 0.05) is 23.9 Å². The van der Waals surface area contributed by atoms with Gasteiger partial charge in [-0.2, -0.15) is 18.2 Å². The van der Waals surface area contributed by atoms with Crippen molar-refractivity contribution in [1.29, 1.82) is 0 Å². The Morgan fingerprint density at radius 2 is 1.94 bits per heavy atom. The van der Waals surface area contributed by atoms with Crippen LogP contribution in [0.1, 0.15) is 32.8 Å². The molecule has 0 aromatic heterocycles. The number of halogens is 3. The van der Waals surface area contributed by atoms with Crippen LogP contribution in [0.3, 0.4) is 0 Å². The smallest absolute Gasteiger partial charge is 0.416 e. The van der Waals surface area contributed by atoms with Crippen molar-refractivity contribution in [1.82, 2.24) is 5.32 Å². The summed E-state index contributed by atoms with van der Waals surface area (Å²) in [7, 11) is -3.36. The normalized spacial score (nSPS) is 23.5. The molecule has 13 heteroatoms. The number of hydrogen-bond acceptors (Lipinski definition) is 6. The topological polar surface area (TPSA) is 105 Å². The lowest BCUT2D eigenvalue weighted by molar-refractivity contribution is -0.137. The number of aliphatic imine (C=N–C) groups is 1. The maximum atomic E-state index is 13.2. The lowest BCUT2D eigenvalue weighted by Gasteiger charge is -2.25. The summed E-state index contributed by atoms with van der Waals surface area (Å²) in [6, 6.07) is 3.85. The molecule has 1 N–H and O–H groups in total. The van der Waals surface area contributed by atoms with Gasteiger partial charge in [-0.15, -0.1) is 0 Å². The Kier molecular flexibility index (Phi) is 7.04. The maximum absolute atomic E-state index is 13.2. The van der Waals surface area contributed by atoms with Crippen molar-refractivity contribution >= 4 is 44.5 Å². The van der Waals surface area contributed by atoms with Gasteiger partial charge in [0.05, 0.1) is 23.1 Å². The van der Waals surface area contributed by atoms with Crippen molar-refractivity contribution in [2.45, 2.75) is 50.3 Å². The van der Waals surface area contributed by atoms with Gasteiger partial charge in [0.15, 0.2) is 15.0 Å². The molecule has 2 saturated heterocycles. The summed E-state index contributed by atoms with van der Waals surface area (Å²) in [5, 5.41) is 2.13. The van der Waals surface area contributed by atoms with Gasteiger partial charge in [-0.05, 0) is 39.0 Å². The number of anilines is 1. The van der Waals surface area contributed by atoms with E-state index in [0.29, 0.717) is 0 Å². The Balaban J connectivity index is 1.78. The zero-order valence-corrected chi connectivity index (χ0v) is 19.8. The summed E-state index contributed by atoms with van der Waals surface area (Å²) < 4.78 is 68.9. The van der Waals surface area contributed by atoms with Crippen LogP contribution in [0.5, 0.6) is 0 Å². The van der Waals surface area contributed by atoms with Crippen molar-refractivity contribution in [3.63, 3.8) is 0 Å². The average Bonchev–Trinajstić information content (AvgIpc) is 3.10. The number of sulfone groups is 1. The van der Waals surface area contributed by atoms with E-state index in [2.05, 4.69) is 10.3 Å². The number of alkyl halides is 3. The highest BCUT2D eigenvalue weighted by molar-refractivity contribution is 8.16. The summed E-state index contributed by atoms with van der Waals surface area (Å²) in [5.41, 5.74) is -1.47. The zero-order chi connectivity index (χ0) is 24.6. The quantitative estimate of drug-likeness (QED) is 0.667. The van der Waals surface area contributed by atoms with E-state index in [-0.39, 0.29) is 35.3 Å². The standard InChI is InChI=1S/C20H24F3N3O5S2/c1-19(2,3)31-18(28)24-8-7-16(27)25-17-26(14-10-33(29,30)11-15(14)32-17)13-6-4-5-12(9-13)20(21,22)23/h4-6,9,14-15H,7-8,10-11H2,1-3H3,(H,24,28)/t14-,15+/m0/s1. The number of amides is 2. The second-order valence-electron chi connectivity index (χ2n) is 8.69. The lowest BCUT2D eigenvalue weighted by Crippen LogP contribution is -2.38. The van der Waals surface area contributed by atoms with E-state index in [1.807, 2.05) is 0 Å². The van der Waals surface area contributed by atoms with Crippen LogP contribution >= 0.6 is 11.8 Å². The van der Waals surface area contributed by atoms with Gasteiger partial charge in [0.1, 0.15) is 5.60 Å². The minimum Gasteiger partial charge on any atom is -0.444 e. The number of hydrogen-bond donors (Lipinski definition) is 1. The highest BCUT2D eigenvalue weighted by Crippen LogP contribution is 2.42. The van der Waals surface area contributed by atoms with Gasteiger partial charge in [-0.25, -0.2) is 13.2 Å². The molecule has 0 bridgehead atoms. The number of ether oxygens (including phenoxy) is 1. The lowest BCUT2D eigenvalue weighted by atomic mass is 10.1. The number of carbonyl (C=O) groups is 2. The minimum absolute atomic E-state index is 0.0417. The fourth-order valence-corrected chi connectivity index (χ4v) is 7.38. The molecule has 2 aliphatic rings. The molecule has 0 aliphatic carbocycles.